The minimum atomic E-state index is -1.06. The van der Waals surface area contributed by atoms with Gasteiger partial charge in [0.15, 0.2) is 6.61 Å². The predicted octanol–water partition coefficient (Wildman–Crippen LogP) is 3.15. The molecule has 0 radical (unpaired) electrons. The molecule has 0 saturated carbocycles. The maximum atomic E-state index is 12.3. The highest BCUT2D eigenvalue weighted by molar-refractivity contribution is 7.98. The van der Waals surface area contributed by atoms with Gasteiger partial charge >= 0.3 is 11.9 Å². The number of aliphatic carboxylic acids is 1. The minimum Gasteiger partial charge on any atom is -0.484 e. The molecule has 0 aliphatic carbocycles. The van der Waals surface area contributed by atoms with Crippen LogP contribution in [0.1, 0.15) is 39.6 Å². The zero-order valence-corrected chi connectivity index (χ0v) is 18.2. The average Bonchev–Trinajstić information content (AvgIpc) is 2.75. The molecular formula is C23H25NO6S. The molecule has 2 atom stereocenters. The molecule has 0 fully saturated rings. The van der Waals surface area contributed by atoms with Crippen molar-refractivity contribution >= 4 is 29.6 Å². The second kappa shape index (κ2) is 10.3. The highest BCUT2D eigenvalue weighted by Gasteiger charge is 2.27. The van der Waals surface area contributed by atoms with E-state index in [4.69, 9.17) is 9.47 Å². The molecule has 31 heavy (non-hydrogen) atoms. The van der Waals surface area contributed by atoms with Crippen LogP contribution in [0.5, 0.6) is 5.75 Å². The number of cyclic esters (lactones) is 1. The molecule has 0 unspecified atom stereocenters. The third kappa shape index (κ3) is 5.79. The molecule has 1 aliphatic heterocycles. The molecule has 0 saturated heterocycles. The molecule has 0 aromatic heterocycles. The summed E-state index contributed by atoms with van der Waals surface area (Å²) >= 11 is 1.52. The van der Waals surface area contributed by atoms with Gasteiger partial charge in [-0.25, -0.2) is 9.59 Å². The van der Waals surface area contributed by atoms with Crippen molar-refractivity contribution in [1.82, 2.24) is 5.32 Å². The molecule has 8 heteroatoms. The highest BCUT2D eigenvalue weighted by Crippen LogP contribution is 2.32. The Morgan fingerprint density at radius 2 is 2.06 bits per heavy atom. The number of carboxylic acid groups (broad SMARTS) is 1. The van der Waals surface area contributed by atoms with Gasteiger partial charge in [-0.3, -0.25) is 4.79 Å². The Bertz CT molecular complexity index is 976. The predicted molar refractivity (Wildman–Crippen MR) is 118 cm³/mol. The van der Waals surface area contributed by atoms with Crippen LogP contribution in [0.25, 0.3) is 0 Å². The van der Waals surface area contributed by atoms with Gasteiger partial charge in [0.25, 0.3) is 5.91 Å². The second-order valence-corrected chi connectivity index (χ2v) is 8.29. The molecule has 1 heterocycles. The lowest BCUT2D eigenvalue weighted by Gasteiger charge is -2.25. The van der Waals surface area contributed by atoms with Crippen molar-refractivity contribution in [3.8, 4) is 5.75 Å². The number of amides is 1. The zero-order chi connectivity index (χ0) is 22.4. The number of thioether (sulfide) groups is 1. The first-order valence-electron chi connectivity index (χ1n) is 9.92. The molecular weight excluding hydrogens is 418 g/mol. The van der Waals surface area contributed by atoms with E-state index in [-0.39, 0.29) is 18.7 Å². The maximum Gasteiger partial charge on any atom is 0.339 e. The summed E-state index contributed by atoms with van der Waals surface area (Å²) in [4.78, 5) is 35.6. The Kier molecular flexibility index (Phi) is 7.57. The lowest BCUT2D eigenvalue weighted by molar-refractivity contribution is -0.142. The fraction of sp³-hybridized carbons (Fsp3) is 0.348. The number of fused-ring (bicyclic) bond motifs is 1. The molecule has 164 valence electrons. The molecule has 1 aliphatic rings. The summed E-state index contributed by atoms with van der Waals surface area (Å²) in [5, 5.41) is 11.7. The van der Waals surface area contributed by atoms with E-state index in [1.54, 1.807) is 12.1 Å². The summed E-state index contributed by atoms with van der Waals surface area (Å²) in [5.41, 5.74) is 3.18. The first-order chi connectivity index (χ1) is 14.9. The van der Waals surface area contributed by atoms with Gasteiger partial charge < -0.3 is 19.9 Å². The summed E-state index contributed by atoms with van der Waals surface area (Å²) in [6.07, 6.45) is 2.44. The van der Waals surface area contributed by atoms with E-state index < -0.39 is 17.9 Å². The third-order valence-corrected chi connectivity index (χ3v) is 5.71. The van der Waals surface area contributed by atoms with Crippen LogP contribution in [0.15, 0.2) is 42.5 Å². The Balaban J connectivity index is 1.60. The van der Waals surface area contributed by atoms with Crippen molar-refractivity contribution in [1.29, 1.82) is 0 Å². The number of carboxylic acids is 1. The first-order valence-corrected chi connectivity index (χ1v) is 11.3. The zero-order valence-electron chi connectivity index (χ0n) is 17.4. The SMILES string of the molecule is CSCC[C@@H](NC(=O)COc1ccc([C@@H]2Cc3ccccc3C(=O)O2)cc1C)C(=O)O. The van der Waals surface area contributed by atoms with Crippen LogP contribution >= 0.6 is 11.8 Å². The summed E-state index contributed by atoms with van der Waals surface area (Å²) in [7, 11) is 0. The first kappa shape index (κ1) is 22.7. The van der Waals surface area contributed by atoms with Crippen LogP contribution in [0.4, 0.5) is 0 Å². The van der Waals surface area contributed by atoms with Crippen LogP contribution < -0.4 is 10.1 Å². The lowest BCUT2D eigenvalue weighted by atomic mass is 9.94. The quantitative estimate of drug-likeness (QED) is 0.574. The largest absolute Gasteiger partial charge is 0.484 e. The van der Waals surface area contributed by atoms with Crippen LogP contribution in [0.3, 0.4) is 0 Å². The number of rotatable bonds is 9. The van der Waals surface area contributed by atoms with Gasteiger partial charge in [0.05, 0.1) is 5.56 Å². The van der Waals surface area contributed by atoms with Gasteiger partial charge in [0.1, 0.15) is 17.9 Å². The molecule has 2 aromatic carbocycles. The topological polar surface area (TPSA) is 102 Å². The van der Waals surface area contributed by atoms with Crippen molar-refractivity contribution < 1.29 is 29.0 Å². The van der Waals surface area contributed by atoms with Crippen molar-refractivity contribution in [2.75, 3.05) is 18.6 Å². The Hall–Kier alpha value is -3.00. The summed E-state index contributed by atoms with van der Waals surface area (Å²) in [5.74, 6) is -0.746. The average molecular weight is 444 g/mol. The Morgan fingerprint density at radius 1 is 1.29 bits per heavy atom. The van der Waals surface area contributed by atoms with Crippen molar-refractivity contribution in [3.63, 3.8) is 0 Å². The standard InChI is InChI=1S/C23H25NO6S/c1-14-11-16(20-12-15-5-3-4-6-17(15)23(28)30-20)7-8-19(14)29-13-21(25)24-18(22(26)27)9-10-31-2/h3-8,11,18,20H,9-10,12-13H2,1-2H3,(H,24,25)(H,26,27)/t18-,20+/m1/s1. The van der Waals surface area contributed by atoms with E-state index in [1.165, 1.54) is 11.8 Å². The highest BCUT2D eigenvalue weighted by atomic mass is 32.2. The minimum absolute atomic E-state index is 0.283. The normalized spacial score (nSPS) is 16.1. The van der Waals surface area contributed by atoms with E-state index >= 15 is 0 Å². The Morgan fingerprint density at radius 3 is 2.77 bits per heavy atom. The number of carbonyl (C=O) groups excluding carboxylic acids is 2. The van der Waals surface area contributed by atoms with Crippen molar-refractivity contribution in [2.45, 2.75) is 31.9 Å². The van der Waals surface area contributed by atoms with E-state index in [0.717, 1.165) is 16.7 Å². The maximum absolute atomic E-state index is 12.3. The monoisotopic (exact) mass is 443 g/mol. The fourth-order valence-corrected chi connectivity index (χ4v) is 3.90. The Labute approximate surface area is 185 Å². The lowest BCUT2D eigenvalue weighted by Crippen LogP contribution is -2.43. The molecule has 7 nitrogen and oxygen atoms in total. The number of hydrogen-bond donors (Lipinski definition) is 2. The van der Waals surface area contributed by atoms with Gasteiger partial charge in [0, 0.05) is 6.42 Å². The molecule has 0 bridgehead atoms. The van der Waals surface area contributed by atoms with E-state index in [0.29, 0.717) is 29.9 Å². The van der Waals surface area contributed by atoms with Crippen molar-refractivity contribution in [2.24, 2.45) is 0 Å². The summed E-state index contributed by atoms with van der Waals surface area (Å²) in [6, 6.07) is 11.9. The fourth-order valence-electron chi connectivity index (χ4n) is 3.42. The molecule has 3 rings (SSSR count). The molecule has 1 amide bonds. The van der Waals surface area contributed by atoms with Gasteiger partial charge in [-0.1, -0.05) is 24.3 Å². The van der Waals surface area contributed by atoms with E-state index in [2.05, 4.69) is 5.32 Å². The molecule has 2 aromatic rings. The number of nitrogens with one attached hydrogen (secondary N) is 1. The summed E-state index contributed by atoms with van der Waals surface area (Å²) in [6.45, 7) is 1.56. The van der Waals surface area contributed by atoms with Gasteiger partial charge in [0.2, 0.25) is 0 Å². The van der Waals surface area contributed by atoms with Crippen LogP contribution in [0, 0.1) is 6.92 Å². The van der Waals surface area contributed by atoms with Crippen LogP contribution in [-0.4, -0.2) is 47.6 Å². The van der Waals surface area contributed by atoms with Crippen LogP contribution in [-0.2, 0) is 20.7 Å². The number of carbonyl (C=O) groups is 3. The molecule has 0 spiro atoms. The third-order valence-electron chi connectivity index (χ3n) is 5.07. The number of aryl methyl sites for hydroxylation is 1. The summed E-state index contributed by atoms with van der Waals surface area (Å²) < 4.78 is 11.2. The van der Waals surface area contributed by atoms with Crippen LogP contribution in [0.2, 0.25) is 0 Å². The smallest absolute Gasteiger partial charge is 0.339 e. The number of benzene rings is 2. The second-order valence-electron chi connectivity index (χ2n) is 7.31. The van der Waals surface area contributed by atoms with Gasteiger partial charge in [-0.15, -0.1) is 0 Å². The molecule has 2 N–H and O–H groups in total. The number of esters is 1. The van der Waals surface area contributed by atoms with Gasteiger partial charge in [-0.05, 0) is 60.2 Å². The van der Waals surface area contributed by atoms with Gasteiger partial charge in [-0.2, -0.15) is 11.8 Å². The van der Waals surface area contributed by atoms with E-state index in [1.807, 2.05) is 43.5 Å². The van der Waals surface area contributed by atoms with Crippen molar-refractivity contribution in [3.05, 3.63) is 64.7 Å². The number of ether oxygens (including phenoxy) is 2. The van der Waals surface area contributed by atoms with E-state index in [9.17, 15) is 19.5 Å². The number of hydrogen-bond acceptors (Lipinski definition) is 6.